The van der Waals surface area contributed by atoms with E-state index >= 15 is 0 Å². The van der Waals surface area contributed by atoms with Crippen molar-refractivity contribution in [3.63, 3.8) is 0 Å². The van der Waals surface area contributed by atoms with Crippen LogP contribution in [-0.2, 0) is 27.8 Å². The Kier molecular flexibility index (Phi) is 6.25. The molecule has 2 aliphatic rings. The summed E-state index contributed by atoms with van der Waals surface area (Å²) in [5.74, 6) is 1.04. The lowest BCUT2D eigenvalue weighted by Gasteiger charge is -2.35. The van der Waals surface area contributed by atoms with E-state index < -0.39 is 10.0 Å². The molecule has 4 rings (SSSR count). The van der Waals surface area contributed by atoms with Crippen LogP contribution in [0.5, 0.6) is 0 Å². The average Bonchev–Trinajstić information content (AvgIpc) is 2.77. The zero-order valence-corrected chi connectivity index (χ0v) is 20.9. The molecule has 7 nitrogen and oxygen atoms in total. The molecule has 1 aromatic heterocycles. The Morgan fingerprint density at radius 1 is 1.09 bits per heavy atom. The van der Waals surface area contributed by atoms with E-state index in [9.17, 15) is 13.7 Å². The van der Waals surface area contributed by atoms with Crippen molar-refractivity contribution in [2.45, 2.75) is 64.1 Å². The number of benzene rings is 1. The van der Waals surface area contributed by atoms with Crippen molar-refractivity contribution in [3.05, 3.63) is 52.2 Å². The number of fused-ring (bicyclic) bond motifs is 1. The molecule has 2 aliphatic heterocycles. The number of hydrogen-bond acceptors (Lipinski definition) is 5. The van der Waals surface area contributed by atoms with Crippen LogP contribution in [-0.4, -0.2) is 44.5 Å². The summed E-state index contributed by atoms with van der Waals surface area (Å²) in [6.07, 6.45) is 0.675. The summed E-state index contributed by atoms with van der Waals surface area (Å²) < 4.78 is 33.8. The van der Waals surface area contributed by atoms with E-state index in [1.54, 1.807) is 16.4 Å². The largest absolute Gasteiger partial charge is 0.370 e. The number of aromatic amines is 1. The van der Waals surface area contributed by atoms with E-state index in [-0.39, 0.29) is 11.5 Å². The van der Waals surface area contributed by atoms with E-state index in [2.05, 4.69) is 43.6 Å². The summed E-state index contributed by atoms with van der Waals surface area (Å²) >= 11 is 0. The maximum atomic E-state index is 13.1. The fourth-order valence-corrected chi connectivity index (χ4v) is 6.11. The number of hydrogen-bond donors (Lipinski definition) is 0. The number of anilines is 1. The summed E-state index contributed by atoms with van der Waals surface area (Å²) in [7, 11) is -3.54. The first-order valence-corrected chi connectivity index (χ1v) is 12.9. The molecule has 1 N–H and O–H groups in total. The third-order valence-corrected chi connectivity index (χ3v) is 8.51. The number of H-pyrrole nitrogens is 1. The smallest absolute Gasteiger partial charge is 0.293 e. The molecule has 1 aromatic carbocycles. The van der Waals surface area contributed by atoms with Crippen LogP contribution in [0.2, 0.25) is 0 Å². The Bertz CT molecular complexity index is 1190. The summed E-state index contributed by atoms with van der Waals surface area (Å²) in [6, 6.07) is 9.42. The van der Waals surface area contributed by atoms with Crippen LogP contribution in [0.25, 0.3) is 0 Å². The van der Waals surface area contributed by atoms with Gasteiger partial charge < -0.3 is 4.74 Å². The van der Waals surface area contributed by atoms with Crippen LogP contribution >= 0.6 is 0 Å². The molecule has 176 valence electrons. The molecular formula is C25H33N4O3S+. The van der Waals surface area contributed by atoms with Crippen molar-refractivity contribution in [1.82, 2.24) is 4.31 Å². The molecule has 0 amide bonds. The van der Waals surface area contributed by atoms with Crippen molar-refractivity contribution in [3.8, 4) is 6.07 Å². The van der Waals surface area contributed by atoms with Gasteiger partial charge in [0.2, 0.25) is 10.0 Å². The van der Waals surface area contributed by atoms with Gasteiger partial charge in [0, 0.05) is 17.9 Å². The Morgan fingerprint density at radius 3 is 2.30 bits per heavy atom. The van der Waals surface area contributed by atoms with Gasteiger partial charge in [0.25, 0.3) is 5.82 Å². The number of nitrogens with one attached hydrogen (secondary N) is 1. The molecule has 0 saturated carbocycles. The molecule has 1 saturated heterocycles. The van der Waals surface area contributed by atoms with E-state index in [0.717, 1.165) is 28.2 Å². The highest BCUT2D eigenvalue weighted by Crippen LogP contribution is 2.36. The second-order valence-corrected chi connectivity index (χ2v) is 11.9. The van der Waals surface area contributed by atoms with Crippen LogP contribution in [0, 0.1) is 18.3 Å². The zero-order valence-electron chi connectivity index (χ0n) is 20.1. The highest BCUT2D eigenvalue weighted by Gasteiger charge is 2.38. The molecule has 0 bridgehead atoms. The normalized spacial score (nSPS) is 18.8. The fourth-order valence-electron chi connectivity index (χ4n) is 4.69. The number of pyridine rings is 1. The fraction of sp³-hybridized carbons (Fsp3) is 0.520. The maximum Gasteiger partial charge on any atom is 0.293 e. The lowest BCUT2D eigenvalue weighted by atomic mass is 9.86. The first-order chi connectivity index (χ1) is 15.5. The van der Waals surface area contributed by atoms with Gasteiger partial charge in [-0.05, 0) is 38.5 Å². The maximum absolute atomic E-state index is 13.1. The van der Waals surface area contributed by atoms with E-state index in [0.29, 0.717) is 49.7 Å². The van der Waals surface area contributed by atoms with Gasteiger partial charge in [-0.15, -0.1) is 0 Å². The lowest BCUT2D eigenvalue weighted by molar-refractivity contribution is -0.381. The Balaban J connectivity index is 1.64. The SMILES string of the molecule is Cc1ccc(S(=O)(=O)N2CCN(c3[nH+]c(C(C)C)c4c(c3C#N)CC(C)(C)OC4)CC2)cc1. The second-order valence-electron chi connectivity index (χ2n) is 9.92. The summed E-state index contributed by atoms with van der Waals surface area (Å²) in [5, 5.41) is 10.1. The van der Waals surface area contributed by atoms with E-state index in [1.807, 2.05) is 19.1 Å². The van der Waals surface area contributed by atoms with Gasteiger partial charge in [-0.25, -0.2) is 13.4 Å². The first-order valence-electron chi connectivity index (χ1n) is 11.5. The van der Waals surface area contributed by atoms with Gasteiger partial charge in [0.05, 0.1) is 43.3 Å². The van der Waals surface area contributed by atoms with Crippen LogP contribution in [0.4, 0.5) is 5.82 Å². The molecule has 8 heteroatoms. The molecule has 3 heterocycles. The predicted octanol–water partition coefficient (Wildman–Crippen LogP) is 3.17. The van der Waals surface area contributed by atoms with Crippen molar-refractivity contribution < 1.29 is 18.1 Å². The number of nitrogens with zero attached hydrogens (tertiary/aromatic N) is 3. The zero-order chi connectivity index (χ0) is 24.0. The number of aryl methyl sites for hydroxylation is 1. The number of nitriles is 1. The van der Waals surface area contributed by atoms with Gasteiger partial charge in [-0.2, -0.15) is 9.57 Å². The molecule has 1 fully saturated rings. The molecule has 0 atom stereocenters. The van der Waals surface area contributed by atoms with Gasteiger partial charge in [-0.3, -0.25) is 4.90 Å². The van der Waals surface area contributed by atoms with E-state index in [1.165, 1.54) is 0 Å². The molecule has 0 aliphatic carbocycles. The summed E-state index contributed by atoms with van der Waals surface area (Å²) in [5.41, 5.74) is 4.59. The van der Waals surface area contributed by atoms with Crippen LogP contribution in [0.1, 0.15) is 61.6 Å². The van der Waals surface area contributed by atoms with Crippen molar-refractivity contribution in [2.75, 3.05) is 31.1 Å². The molecule has 2 aromatic rings. The Labute approximate surface area is 197 Å². The first kappa shape index (κ1) is 23.7. The summed E-state index contributed by atoms with van der Waals surface area (Å²) in [6.45, 7) is 12.6. The van der Waals surface area contributed by atoms with Gasteiger partial charge in [-0.1, -0.05) is 31.5 Å². The highest BCUT2D eigenvalue weighted by molar-refractivity contribution is 7.89. The number of ether oxygens (including phenoxy) is 1. The quantitative estimate of drug-likeness (QED) is 0.686. The predicted molar refractivity (Wildman–Crippen MR) is 127 cm³/mol. The number of aromatic nitrogens is 1. The van der Waals surface area contributed by atoms with Crippen molar-refractivity contribution in [1.29, 1.82) is 5.26 Å². The second kappa shape index (κ2) is 8.71. The minimum Gasteiger partial charge on any atom is -0.370 e. The lowest BCUT2D eigenvalue weighted by Crippen LogP contribution is -2.50. The number of rotatable bonds is 4. The highest BCUT2D eigenvalue weighted by atomic mass is 32.2. The molecule has 0 unspecified atom stereocenters. The molecular weight excluding hydrogens is 436 g/mol. The molecule has 0 spiro atoms. The summed E-state index contributed by atoms with van der Waals surface area (Å²) in [4.78, 5) is 5.98. The van der Waals surface area contributed by atoms with Gasteiger partial charge in [0.1, 0.15) is 17.3 Å². The Hall–Kier alpha value is -2.47. The third kappa shape index (κ3) is 4.50. The topological polar surface area (TPSA) is 87.8 Å². The minimum atomic E-state index is -3.54. The minimum absolute atomic E-state index is 0.248. The van der Waals surface area contributed by atoms with Crippen LogP contribution < -0.4 is 9.88 Å². The number of piperazine rings is 1. The van der Waals surface area contributed by atoms with Crippen LogP contribution in [0.3, 0.4) is 0 Å². The standard InChI is InChI=1S/C25H32N4O3S/c1-17(2)23-22-16-32-25(4,5)14-20(22)21(15-26)24(27-23)28-10-12-29(13-11-28)33(30,31)19-8-6-18(3)7-9-19/h6-9,17H,10-14,16H2,1-5H3/p+1. The van der Waals surface area contributed by atoms with E-state index in [4.69, 9.17) is 4.74 Å². The van der Waals surface area contributed by atoms with Crippen LogP contribution in [0.15, 0.2) is 29.2 Å². The third-order valence-electron chi connectivity index (χ3n) is 6.59. The van der Waals surface area contributed by atoms with Crippen molar-refractivity contribution in [2.24, 2.45) is 0 Å². The van der Waals surface area contributed by atoms with Gasteiger partial charge in [0.15, 0.2) is 0 Å². The average molecular weight is 470 g/mol. The molecule has 33 heavy (non-hydrogen) atoms. The van der Waals surface area contributed by atoms with Crippen molar-refractivity contribution >= 4 is 15.8 Å². The Morgan fingerprint density at radius 2 is 1.73 bits per heavy atom. The number of sulfonamides is 1. The monoisotopic (exact) mass is 469 g/mol. The van der Waals surface area contributed by atoms with Gasteiger partial charge >= 0.3 is 0 Å². The molecule has 0 radical (unpaired) electrons.